The minimum atomic E-state index is -1.48. The van der Waals surface area contributed by atoms with Gasteiger partial charge in [-0.25, -0.2) is 4.79 Å². The Morgan fingerprint density at radius 3 is 2.34 bits per heavy atom. The van der Waals surface area contributed by atoms with Gasteiger partial charge in [-0.15, -0.1) is 0 Å². The maximum absolute atomic E-state index is 12.8. The van der Waals surface area contributed by atoms with Gasteiger partial charge in [-0.2, -0.15) is 12.6 Å². The van der Waals surface area contributed by atoms with Crippen molar-refractivity contribution in [3.63, 3.8) is 0 Å². The Labute approximate surface area is 172 Å². The van der Waals surface area contributed by atoms with E-state index in [1.807, 2.05) is 0 Å². The van der Waals surface area contributed by atoms with Gasteiger partial charge in [-0.3, -0.25) is 19.2 Å². The number of carboxylic acids is 1. The molecule has 4 amide bonds. The van der Waals surface area contributed by atoms with Gasteiger partial charge in [0.1, 0.15) is 18.1 Å². The number of aliphatic carboxylic acids is 1. The molecule has 1 heterocycles. The lowest BCUT2D eigenvalue weighted by Gasteiger charge is -2.29. The number of aliphatic hydroxyl groups is 1. The molecular weight excluding hydrogens is 406 g/mol. The van der Waals surface area contributed by atoms with Crippen molar-refractivity contribution < 1.29 is 34.2 Å². The van der Waals surface area contributed by atoms with Gasteiger partial charge in [0, 0.05) is 18.7 Å². The number of carbonyl (C=O) groups is 5. The molecule has 13 heteroatoms. The molecule has 1 rings (SSSR count). The first-order valence-electron chi connectivity index (χ1n) is 9.02. The average Bonchev–Trinajstić information content (AvgIpc) is 3.16. The number of nitrogens with one attached hydrogen (secondary N) is 2. The lowest BCUT2D eigenvalue weighted by molar-refractivity contribution is -0.145. The van der Waals surface area contributed by atoms with Crippen LogP contribution < -0.4 is 22.1 Å². The minimum Gasteiger partial charge on any atom is -0.480 e. The smallest absolute Gasteiger partial charge is 0.328 e. The lowest BCUT2D eigenvalue weighted by Crippen LogP contribution is -2.57. The van der Waals surface area contributed by atoms with Crippen molar-refractivity contribution in [1.29, 1.82) is 0 Å². The number of nitrogens with two attached hydrogens (primary N) is 2. The average molecular weight is 433 g/mol. The molecule has 0 aliphatic carbocycles. The molecule has 0 aromatic rings. The predicted molar refractivity (Wildman–Crippen MR) is 104 cm³/mol. The molecular formula is C16H27N5O7S. The summed E-state index contributed by atoms with van der Waals surface area (Å²) < 4.78 is 0. The SMILES string of the molecule is NC(=O)CCC(N)C(=O)NC(CS)C(=O)N1CCCC1C(=O)NC(CO)C(=O)O. The number of carboxylic acid groups (broad SMARTS) is 1. The zero-order valence-electron chi connectivity index (χ0n) is 15.7. The summed E-state index contributed by atoms with van der Waals surface area (Å²) in [6, 6.07) is -4.52. The first-order chi connectivity index (χ1) is 13.6. The highest BCUT2D eigenvalue weighted by molar-refractivity contribution is 7.80. The molecule has 0 bridgehead atoms. The highest BCUT2D eigenvalue weighted by Crippen LogP contribution is 2.19. The van der Waals surface area contributed by atoms with Gasteiger partial charge in [-0.1, -0.05) is 0 Å². The Morgan fingerprint density at radius 2 is 1.83 bits per heavy atom. The lowest BCUT2D eigenvalue weighted by atomic mass is 10.1. The van der Waals surface area contributed by atoms with E-state index in [9.17, 15) is 24.0 Å². The number of likely N-dealkylation sites (tertiary alicyclic amines) is 1. The number of aliphatic hydroxyl groups excluding tert-OH is 1. The maximum Gasteiger partial charge on any atom is 0.328 e. The van der Waals surface area contributed by atoms with Gasteiger partial charge in [0.15, 0.2) is 0 Å². The summed E-state index contributed by atoms with van der Waals surface area (Å²) in [5, 5.41) is 22.6. The summed E-state index contributed by atoms with van der Waals surface area (Å²) in [7, 11) is 0. The quantitative estimate of drug-likeness (QED) is 0.163. The largest absolute Gasteiger partial charge is 0.480 e. The van der Waals surface area contributed by atoms with Crippen LogP contribution in [0.5, 0.6) is 0 Å². The summed E-state index contributed by atoms with van der Waals surface area (Å²) in [5.41, 5.74) is 10.7. The molecule has 12 nitrogen and oxygen atoms in total. The normalized spacial score (nSPS) is 19.1. The molecule has 164 valence electrons. The summed E-state index contributed by atoms with van der Waals surface area (Å²) in [6.45, 7) is -0.554. The van der Waals surface area contributed by atoms with E-state index in [4.69, 9.17) is 21.7 Å². The van der Waals surface area contributed by atoms with Crippen LogP contribution in [0.15, 0.2) is 0 Å². The first-order valence-corrected chi connectivity index (χ1v) is 9.65. The van der Waals surface area contributed by atoms with Gasteiger partial charge >= 0.3 is 5.97 Å². The molecule has 1 fully saturated rings. The van der Waals surface area contributed by atoms with Crippen LogP contribution in [0.25, 0.3) is 0 Å². The topological polar surface area (TPSA) is 205 Å². The van der Waals surface area contributed by atoms with E-state index in [1.165, 1.54) is 4.90 Å². The number of hydrogen-bond acceptors (Lipinski definition) is 8. The van der Waals surface area contributed by atoms with Crippen molar-refractivity contribution in [3.8, 4) is 0 Å². The number of amides is 4. The van der Waals surface area contributed by atoms with Crippen molar-refractivity contribution in [2.75, 3.05) is 18.9 Å². The van der Waals surface area contributed by atoms with E-state index < -0.39 is 60.4 Å². The summed E-state index contributed by atoms with van der Waals surface area (Å²) in [4.78, 5) is 60.3. The van der Waals surface area contributed by atoms with Gasteiger partial charge in [0.2, 0.25) is 23.6 Å². The predicted octanol–water partition coefficient (Wildman–Crippen LogP) is -3.45. The molecule has 0 aromatic carbocycles. The molecule has 1 aliphatic rings. The van der Waals surface area contributed by atoms with E-state index >= 15 is 0 Å². The third-order valence-electron chi connectivity index (χ3n) is 4.47. The number of rotatable bonds is 11. The fourth-order valence-corrected chi connectivity index (χ4v) is 3.10. The van der Waals surface area contributed by atoms with E-state index in [1.54, 1.807) is 0 Å². The summed E-state index contributed by atoms with van der Waals surface area (Å²) in [6.07, 6.45) is 0.742. The van der Waals surface area contributed by atoms with Gasteiger partial charge in [0.25, 0.3) is 0 Å². The molecule has 0 saturated carbocycles. The fraction of sp³-hybridized carbons (Fsp3) is 0.688. The van der Waals surface area contributed by atoms with Crippen LogP contribution in [0.2, 0.25) is 0 Å². The zero-order chi connectivity index (χ0) is 22.1. The standard InChI is InChI=1S/C16H27N5O7S/c17-8(3-4-12(18)23)13(24)20-10(7-29)15(26)21-5-1-2-11(21)14(25)19-9(6-22)16(27)28/h8-11,22,29H,1-7,17H2,(H2,18,23)(H,19,25)(H,20,24)(H,27,28). The van der Waals surface area contributed by atoms with E-state index in [-0.39, 0.29) is 25.1 Å². The molecule has 0 spiro atoms. The Balaban J connectivity index is 2.76. The van der Waals surface area contributed by atoms with Crippen molar-refractivity contribution in [1.82, 2.24) is 15.5 Å². The van der Waals surface area contributed by atoms with E-state index in [0.29, 0.717) is 12.8 Å². The molecule has 0 aromatic heterocycles. The third kappa shape index (κ3) is 7.18. The molecule has 4 unspecified atom stereocenters. The Morgan fingerprint density at radius 1 is 1.17 bits per heavy atom. The van der Waals surface area contributed by atoms with Crippen molar-refractivity contribution in [2.24, 2.45) is 11.5 Å². The van der Waals surface area contributed by atoms with Crippen LogP contribution in [0.1, 0.15) is 25.7 Å². The summed E-state index contributed by atoms with van der Waals surface area (Å²) in [5.74, 6) is -4.01. The third-order valence-corrected chi connectivity index (χ3v) is 4.84. The summed E-state index contributed by atoms with van der Waals surface area (Å²) >= 11 is 4.07. The van der Waals surface area contributed by atoms with Crippen molar-refractivity contribution in [2.45, 2.75) is 49.9 Å². The second kappa shape index (κ2) is 11.6. The molecule has 1 saturated heterocycles. The van der Waals surface area contributed by atoms with Gasteiger partial charge < -0.3 is 37.2 Å². The Kier molecular flexibility index (Phi) is 9.85. The zero-order valence-corrected chi connectivity index (χ0v) is 16.6. The van der Waals surface area contributed by atoms with Crippen LogP contribution in [-0.4, -0.2) is 87.8 Å². The van der Waals surface area contributed by atoms with E-state index in [2.05, 4.69) is 23.3 Å². The van der Waals surface area contributed by atoms with Crippen LogP contribution in [0, 0.1) is 0 Å². The number of thiol groups is 1. The Hall–Kier alpha value is -2.38. The van der Waals surface area contributed by atoms with Crippen LogP contribution in [0.4, 0.5) is 0 Å². The highest BCUT2D eigenvalue weighted by Gasteiger charge is 2.38. The molecule has 4 atom stereocenters. The van der Waals surface area contributed by atoms with E-state index in [0.717, 1.165) is 0 Å². The molecule has 29 heavy (non-hydrogen) atoms. The number of carbonyl (C=O) groups excluding carboxylic acids is 4. The second-order valence-corrected chi connectivity index (χ2v) is 6.99. The Bertz CT molecular complexity index is 647. The van der Waals surface area contributed by atoms with Crippen LogP contribution in [-0.2, 0) is 24.0 Å². The number of nitrogens with zero attached hydrogens (tertiary/aromatic N) is 1. The fourth-order valence-electron chi connectivity index (χ4n) is 2.85. The monoisotopic (exact) mass is 433 g/mol. The molecule has 1 aliphatic heterocycles. The first kappa shape index (κ1) is 24.7. The minimum absolute atomic E-state index is 0.0150. The number of primary amides is 1. The maximum atomic E-state index is 12.8. The molecule has 8 N–H and O–H groups in total. The van der Waals surface area contributed by atoms with Gasteiger partial charge in [-0.05, 0) is 19.3 Å². The second-order valence-electron chi connectivity index (χ2n) is 6.63. The molecule has 0 radical (unpaired) electrons. The van der Waals surface area contributed by atoms with Crippen molar-refractivity contribution >= 4 is 42.2 Å². The van der Waals surface area contributed by atoms with Crippen LogP contribution in [0.3, 0.4) is 0 Å². The van der Waals surface area contributed by atoms with Crippen LogP contribution >= 0.6 is 12.6 Å². The number of hydrogen-bond donors (Lipinski definition) is 7. The van der Waals surface area contributed by atoms with Gasteiger partial charge in [0.05, 0.1) is 12.6 Å². The highest BCUT2D eigenvalue weighted by atomic mass is 32.1. The van der Waals surface area contributed by atoms with Crippen molar-refractivity contribution in [3.05, 3.63) is 0 Å².